The average molecular weight is 172 g/mol. The van der Waals surface area contributed by atoms with E-state index in [1.807, 2.05) is 6.92 Å². The second-order valence-electron chi connectivity index (χ2n) is 2.38. The molecule has 1 heterocycles. The molecule has 0 aliphatic carbocycles. The fourth-order valence-electron chi connectivity index (χ4n) is 0.946. The van der Waals surface area contributed by atoms with E-state index in [2.05, 4.69) is 0 Å². The molecule has 1 fully saturated rings. The van der Waals surface area contributed by atoms with Crippen molar-refractivity contribution < 1.29 is 9.53 Å². The third-order valence-corrected chi connectivity index (χ3v) is 2.67. The number of rotatable bonds is 2. The average Bonchev–Trinajstić information content (AvgIpc) is 2.40. The minimum atomic E-state index is -0.216. The Morgan fingerprint density at radius 1 is 1.73 bits per heavy atom. The molecule has 0 spiro atoms. The summed E-state index contributed by atoms with van der Waals surface area (Å²) < 4.78 is 5.09. The lowest BCUT2D eigenvalue weighted by molar-refractivity contribution is -0.139. The lowest BCUT2D eigenvalue weighted by Gasteiger charge is -2.07. The predicted octanol–water partition coefficient (Wildman–Crippen LogP) is 1.96. The molecule has 2 nitrogen and oxygen atoms in total. The van der Waals surface area contributed by atoms with Crippen LogP contribution in [0.25, 0.3) is 0 Å². The molecule has 3 heteroatoms. The van der Waals surface area contributed by atoms with Gasteiger partial charge in [0.15, 0.2) is 0 Å². The first-order chi connectivity index (χ1) is 5.33. The molecule has 1 aliphatic rings. The third kappa shape index (κ3) is 2.97. The Balaban J connectivity index is 2.23. The Hall–Kier alpha value is -0.440. The fraction of sp³-hybridized carbons (Fsp3) is 0.625. The number of hydrogen-bond acceptors (Lipinski definition) is 3. The summed E-state index contributed by atoms with van der Waals surface area (Å²) >= 11 is 1.72. The Labute approximate surface area is 71.0 Å². The smallest absolute Gasteiger partial charge is 0.331 e. The van der Waals surface area contributed by atoms with Crippen LogP contribution in [0.2, 0.25) is 0 Å². The maximum Gasteiger partial charge on any atom is 0.331 e. The van der Waals surface area contributed by atoms with Crippen LogP contribution in [0, 0.1) is 0 Å². The van der Waals surface area contributed by atoms with Crippen molar-refractivity contribution in [2.24, 2.45) is 0 Å². The Bertz CT molecular complexity index is 159. The van der Waals surface area contributed by atoms with Crippen LogP contribution < -0.4 is 0 Å². The molecular formula is C8H12O2S. The molecule has 0 radical (unpaired) electrons. The number of carbonyl (C=O) groups is 1. The topological polar surface area (TPSA) is 26.3 Å². The maximum atomic E-state index is 10.9. The molecule has 1 aliphatic heterocycles. The molecular weight excluding hydrogens is 160 g/mol. The van der Waals surface area contributed by atoms with Gasteiger partial charge in [-0.3, -0.25) is 0 Å². The molecule has 0 saturated carbocycles. The number of esters is 1. The maximum absolute atomic E-state index is 10.9. The highest BCUT2D eigenvalue weighted by molar-refractivity contribution is 8.00. The van der Waals surface area contributed by atoms with Crippen molar-refractivity contribution in [1.82, 2.24) is 0 Å². The van der Waals surface area contributed by atoms with E-state index >= 15 is 0 Å². The number of carbonyl (C=O) groups excluding carboxylic acids is 1. The summed E-state index contributed by atoms with van der Waals surface area (Å²) in [6, 6.07) is 0. The van der Waals surface area contributed by atoms with Crippen LogP contribution in [0.3, 0.4) is 0 Å². The van der Waals surface area contributed by atoms with E-state index in [1.54, 1.807) is 17.8 Å². The van der Waals surface area contributed by atoms with Crippen LogP contribution in [0.4, 0.5) is 0 Å². The van der Waals surface area contributed by atoms with E-state index in [0.29, 0.717) is 0 Å². The van der Waals surface area contributed by atoms with Crippen molar-refractivity contribution >= 4 is 17.7 Å². The second-order valence-corrected chi connectivity index (χ2v) is 3.65. The largest absolute Gasteiger partial charge is 0.448 e. The number of allylic oxidation sites excluding steroid dienone is 1. The molecule has 0 bridgehead atoms. The summed E-state index contributed by atoms with van der Waals surface area (Å²) in [6.45, 7) is 1.81. The zero-order valence-corrected chi connectivity index (χ0v) is 7.39. The molecule has 0 N–H and O–H groups in total. The van der Waals surface area contributed by atoms with Crippen LogP contribution in [-0.4, -0.2) is 17.2 Å². The molecule has 0 aromatic carbocycles. The first-order valence-corrected chi connectivity index (χ1v) is 4.82. The Morgan fingerprint density at radius 3 is 3.09 bits per heavy atom. The van der Waals surface area contributed by atoms with Gasteiger partial charge in [-0.2, -0.15) is 0 Å². The Morgan fingerprint density at radius 2 is 2.55 bits per heavy atom. The molecule has 11 heavy (non-hydrogen) atoms. The predicted molar refractivity (Wildman–Crippen MR) is 46.4 cm³/mol. The third-order valence-electron chi connectivity index (χ3n) is 1.44. The highest BCUT2D eigenvalue weighted by atomic mass is 32.2. The minimum Gasteiger partial charge on any atom is -0.448 e. The van der Waals surface area contributed by atoms with Crippen LogP contribution in [0.5, 0.6) is 0 Å². The van der Waals surface area contributed by atoms with E-state index < -0.39 is 0 Å². The molecule has 0 aromatic heterocycles. The molecule has 1 atom stereocenters. The van der Waals surface area contributed by atoms with E-state index in [-0.39, 0.29) is 11.4 Å². The lowest BCUT2D eigenvalue weighted by Crippen LogP contribution is -2.09. The molecule has 0 amide bonds. The second kappa shape index (κ2) is 4.44. The van der Waals surface area contributed by atoms with Crippen molar-refractivity contribution in [1.29, 1.82) is 0 Å². The zero-order valence-electron chi connectivity index (χ0n) is 6.58. The normalized spacial score (nSPS) is 24.3. The summed E-state index contributed by atoms with van der Waals surface area (Å²) in [4.78, 5) is 10.9. The standard InChI is InChI=1S/C8H12O2S/c1-2-4-7(9)10-8-5-3-6-11-8/h2,4,8H,3,5-6H2,1H3. The van der Waals surface area contributed by atoms with Crippen molar-refractivity contribution in [2.45, 2.75) is 25.2 Å². The summed E-state index contributed by atoms with van der Waals surface area (Å²) in [5, 5.41) is 0. The van der Waals surface area contributed by atoms with E-state index in [1.165, 1.54) is 12.5 Å². The molecule has 0 aromatic rings. The summed E-state index contributed by atoms with van der Waals surface area (Å²) in [5.74, 6) is 0.903. The SMILES string of the molecule is CC=CC(=O)OC1CCCS1. The number of ether oxygens (including phenoxy) is 1. The van der Waals surface area contributed by atoms with Crippen LogP contribution in [0.15, 0.2) is 12.2 Å². The Kier molecular flexibility index (Phi) is 3.49. The van der Waals surface area contributed by atoms with E-state index in [4.69, 9.17) is 4.74 Å². The monoisotopic (exact) mass is 172 g/mol. The first kappa shape index (κ1) is 8.65. The van der Waals surface area contributed by atoms with Gasteiger partial charge in [-0.05, 0) is 25.5 Å². The van der Waals surface area contributed by atoms with Gasteiger partial charge in [-0.15, -0.1) is 11.8 Å². The van der Waals surface area contributed by atoms with Gasteiger partial charge in [0, 0.05) is 6.08 Å². The van der Waals surface area contributed by atoms with Crippen molar-refractivity contribution in [3.63, 3.8) is 0 Å². The summed E-state index contributed by atoms with van der Waals surface area (Å²) in [5.41, 5.74) is 0.110. The first-order valence-electron chi connectivity index (χ1n) is 3.78. The highest BCUT2D eigenvalue weighted by Crippen LogP contribution is 2.26. The van der Waals surface area contributed by atoms with E-state index in [0.717, 1.165) is 12.2 Å². The molecule has 1 saturated heterocycles. The van der Waals surface area contributed by atoms with Crippen LogP contribution in [-0.2, 0) is 9.53 Å². The van der Waals surface area contributed by atoms with Gasteiger partial charge in [-0.1, -0.05) is 6.08 Å². The van der Waals surface area contributed by atoms with Gasteiger partial charge < -0.3 is 4.74 Å². The van der Waals surface area contributed by atoms with Gasteiger partial charge in [0.05, 0.1) is 0 Å². The molecule has 1 rings (SSSR count). The lowest BCUT2D eigenvalue weighted by atomic mass is 10.4. The van der Waals surface area contributed by atoms with Gasteiger partial charge >= 0.3 is 5.97 Å². The van der Waals surface area contributed by atoms with Gasteiger partial charge in [0.2, 0.25) is 0 Å². The number of hydrogen-bond donors (Lipinski definition) is 0. The van der Waals surface area contributed by atoms with Gasteiger partial charge in [-0.25, -0.2) is 4.79 Å². The van der Waals surface area contributed by atoms with Crippen LogP contribution in [0.1, 0.15) is 19.8 Å². The van der Waals surface area contributed by atoms with Crippen LogP contribution >= 0.6 is 11.8 Å². The van der Waals surface area contributed by atoms with Crippen molar-refractivity contribution in [3.05, 3.63) is 12.2 Å². The van der Waals surface area contributed by atoms with Crippen molar-refractivity contribution in [3.8, 4) is 0 Å². The summed E-state index contributed by atoms with van der Waals surface area (Å²) in [6.07, 6.45) is 5.33. The quantitative estimate of drug-likeness (QED) is 0.470. The molecule has 62 valence electrons. The minimum absolute atomic E-state index is 0.110. The van der Waals surface area contributed by atoms with E-state index in [9.17, 15) is 4.79 Å². The van der Waals surface area contributed by atoms with Crippen molar-refractivity contribution in [2.75, 3.05) is 5.75 Å². The summed E-state index contributed by atoms with van der Waals surface area (Å²) in [7, 11) is 0. The van der Waals surface area contributed by atoms with Gasteiger partial charge in [0.25, 0.3) is 0 Å². The zero-order chi connectivity index (χ0) is 8.10. The van der Waals surface area contributed by atoms with Gasteiger partial charge in [0.1, 0.15) is 5.44 Å². The molecule has 1 unspecified atom stereocenters. The highest BCUT2D eigenvalue weighted by Gasteiger charge is 2.18. The fourth-order valence-corrected chi connectivity index (χ4v) is 2.04. The number of thioether (sulfide) groups is 1.